The van der Waals surface area contributed by atoms with Gasteiger partial charge in [0.25, 0.3) is 0 Å². The van der Waals surface area contributed by atoms with Crippen molar-refractivity contribution in [3.8, 4) is 0 Å². The molecular weight excluding hydrogens is 395 g/mol. The summed E-state index contributed by atoms with van der Waals surface area (Å²) in [6.07, 6.45) is 3.37. The van der Waals surface area contributed by atoms with Gasteiger partial charge < -0.3 is 19.9 Å². The Morgan fingerprint density at radius 3 is 2.73 bits per heavy atom. The number of hydrogen-bond donors (Lipinski definition) is 2. The Morgan fingerprint density at radius 2 is 2.13 bits per heavy atom. The van der Waals surface area contributed by atoms with Gasteiger partial charge in [0, 0.05) is 25.3 Å². The molecule has 1 saturated carbocycles. The average Bonchev–Trinajstić information content (AvgIpc) is 3.43. The monoisotopic (exact) mass is 418 g/mol. The Kier molecular flexibility index (Phi) is 5.19. The van der Waals surface area contributed by atoms with E-state index < -0.39 is 33.4 Å². The summed E-state index contributed by atoms with van der Waals surface area (Å²) >= 11 is 0. The van der Waals surface area contributed by atoms with Crippen molar-refractivity contribution in [3.63, 3.8) is 0 Å². The fourth-order valence-electron chi connectivity index (χ4n) is 4.28. The lowest BCUT2D eigenvalue weighted by molar-refractivity contribution is -0.382. The molecule has 1 unspecified atom stereocenters. The first-order valence-electron chi connectivity index (χ1n) is 10.1. The van der Waals surface area contributed by atoms with Crippen LogP contribution >= 0.6 is 0 Å². The van der Waals surface area contributed by atoms with Crippen molar-refractivity contribution in [3.05, 3.63) is 44.0 Å². The third-order valence-corrected chi connectivity index (χ3v) is 5.85. The number of nitro benzene ring substituents is 1. The molecule has 30 heavy (non-hydrogen) atoms. The Morgan fingerprint density at radius 1 is 1.40 bits per heavy atom. The first kappa shape index (κ1) is 20.3. The Labute approximate surface area is 171 Å². The van der Waals surface area contributed by atoms with Crippen LogP contribution in [0.3, 0.4) is 0 Å². The summed E-state index contributed by atoms with van der Waals surface area (Å²) in [6.45, 7) is 4.48. The SMILES string of the molecule is CCNCC1CCN(c2c(F)cc3c(=O)c(C(=O)O)cn(C4CC4)c3c2[N+](=O)[O-])C1. The normalized spacial score (nSPS) is 18.9. The van der Waals surface area contributed by atoms with Crippen LogP contribution in [0.25, 0.3) is 10.9 Å². The maximum atomic E-state index is 15.2. The van der Waals surface area contributed by atoms with Crippen molar-refractivity contribution < 1.29 is 19.2 Å². The number of nitro groups is 1. The predicted octanol–water partition coefficient (Wildman–Crippen LogP) is 2.52. The highest BCUT2D eigenvalue weighted by molar-refractivity contribution is 5.99. The largest absolute Gasteiger partial charge is 0.477 e. The van der Waals surface area contributed by atoms with E-state index in [2.05, 4.69) is 5.32 Å². The van der Waals surface area contributed by atoms with Crippen molar-refractivity contribution in [1.29, 1.82) is 0 Å². The zero-order valence-corrected chi connectivity index (χ0v) is 16.6. The van der Waals surface area contributed by atoms with Crippen molar-refractivity contribution in [2.45, 2.75) is 32.2 Å². The van der Waals surface area contributed by atoms with Crippen LogP contribution in [0.2, 0.25) is 0 Å². The number of benzene rings is 1. The molecule has 9 nitrogen and oxygen atoms in total. The number of pyridine rings is 1. The third-order valence-electron chi connectivity index (χ3n) is 5.85. The van der Waals surface area contributed by atoms with E-state index in [0.717, 1.165) is 44.6 Å². The molecule has 2 aliphatic rings. The molecule has 1 saturated heterocycles. The molecule has 10 heteroatoms. The smallest absolute Gasteiger partial charge is 0.341 e. The van der Waals surface area contributed by atoms with Gasteiger partial charge in [-0.15, -0.1) is 0 Å². The average molecular weight is 418 g/mol. The van der Waals surface area contributed by atoms with E-state index in [4.69, 9.17) is 0 Å². The van der Waals surface area contributed by atoms with Crippen LogP contribution < -0.4 is 15.6 Å². The quantitative estimate of drug-likeness (QED) is 0.524. The summed E-state index contributed by atoms with van der Waals surface area (Å²) < 4.78 is 16.7. The van der Waals surface area contributed by atoms with Crippen LogP contribution in [0.4, 0.5) is 15.8 Å². The first-order chi connectivity index (χ1) is 14.3. The number of fused-ring (bicyclic) bond motifs is 1. The minimum Gasteiger partial charge on any atom is -0.477 e. The third kappa shape index (κ3) is 3.41. The number of aromatic carboxylic acids is 1. The Hall–Kier alpha value is -3.01. The van der Waals surface area contributed by atoms with Gasteiger partial charge in [-0.2, -0.15) is 0 Å². The lowest BCUT2D eigenvalue weighted by Gasteiger charge is -2.21. The van der Waals surface area contributed by atoms with Gasteiger partial charge in [-0.1, -0.05) is 6.92 Å². The fraction of sp³-hybridized carbons (Fsp3) is 0.500. The first-order valence-corrected chi connectivity index (χ1v) is 10.1. The van der Waals surface area contributed by atoms with Crippen LogP contribution in [-0.2, 0) is 0 Å². The number of carboxylic acid groups (broad SMARTS) is 1. The molecule has 1 aliphatic heterocycles. The maximum Gasteiger partial charge on any atom is 0.341 e. The minimum absolute atomic E-state index is 0.00373. The van der Waals surface area contributed by atoms with Crippen molar-refractivity contribution in [2.75, 3.05) is 31.1 Å². The maximum absolute atomic E-state index is 15.2. The van der Waals surface area contributed by atoms with Gasteiger partial charge in [-0.3, -0.25) is 14.9 Å². The second-order valence-electron chi connectivity index (χ2n) is 7.93. The van der Waals surface area contributed by atoms with Crippen LogP contribution in [-0.4, -0.2) is 46.7 Å². The van der Waals surface area contributed by atoms with E-state index in [1.807, 2.05) is 6.92 Å². The zero-order valence-electron chi connectivity index (χ0n) is 16.6. The molecule has 1 aliphatic carbocycles. The van der Waals surface area contributed by atoms with E-state index in [0.29, 0.717) is 13.1 Å². The van der Waals surface area contributed by atoms with Gasteiger partial charge in [0.15, 0.2) is 11.5 Å². The molecule has 0 spiro atoms. The number of halogens is 1. The molecule has 0 radical (unpaired) electrons. The predicted molar refractivity (Wildman–Crippen MR) is 109 cm³/mol. The second kappa shape index (κ2) is 7.67. The second-order valence-corrected chi connectivity index (χ2v) is 7.93. The Bertz CT molecular complexity index is 1100. The molecule has 2 heterocycles. The van der Waals surface area contributed by atoms with Crippen LogP contribution in [0.1, 0.15) is 42.6 Å². The van der Waals surface area contributed by atoms with Gasteiger partial charge >= 0.3 is 11.7 Å². The number of rotatable bonds is 7. The number of nitrogens with one attached hydrogen (secondary N) is 1. The number of anilines is 1. The minimum atomic E-state index is -1.44. The summed E-state index contributed by atoms with van der Waals surface area (Å²) in [7, 11) is 0. The summed E-state index contributed by atoms with van der Waals surface area (Å²) in [5.74, 6) is -2.07. The van der Waals surface area contributed by atoms with Crippen LogP contribution in [0.5, 0.6) is 0 Å². The molecular formula is C20H23FN4O5. The van der Waals surface area contributed by atoms with Gasteiger partial charge in [0.2, 0.25) is 5.43 Å². The van der Waals surface area contributed by atoms with Crippen molar-refractivity contribution in [2.24, 2.45) is 5.92 Å². The number of hydrogen-bond acceptors (Lipinski definition) is 6. The molecule has 0 amide bonds. The van der Waals surface area contributed by atoms with Crippen LogP contribution in [0, 0.1) is 21.8 Å². The summed E-state index contributed by atoms with van der Waals surface area (Å²) in [4.78, 5) is 37.3. The van der Waals surface area contributed by atoms with Gasteiger partial charge in [0.05, 0.1) is 10.3 Å². The molecule has 160 valence electrons. The van der Waals surface area contributed by atoms with Crippen molar-refractivity contribution >= 4 is 28.2 Å². The summed E-state index contributed by atoms with van der Waals surface area (Å²) in [6, 6.07) is 0.825. The number of nitrogens with zero attached hydrogens (tertiary/aromatic N) is 3. The molecule has 1 aromatic carbocycles. The zero-order chi connectivity index (χ0) is 21.6. The topological polar surface area (TPSA) is 118 Å². The van der Waals surface area contributed by atoms with Gasteiger partial charge in [0.1, 0.15) is 11.1 Å². The van der Waals surface area contributed by atoms with E-state index in [9.17, 15) is 24.8 Å². The van der Waals surface area contributed by atoms with Crippen LogP contribution in [0.15, 0.2) is 17.1 Å². The van der Waals surface area contributed by atoms with Crippen molar-refractivity contribution in [1.82, 2.24) is 9.88 Å². The number of aromatic nitrogens is 1. The summed E-state index contributed by atoms with van der Waals surface area (Å²) in [5, 5.41) is 24.4. The Balaban J connectivity index is 1.94. The van der Waals surface area contributed by atoms with E-state index in [-0.39, 0.29) is 28.6 Å². The number of carboxylic acids is 1. The van der Waals surface area contributed by atoms with E-state index in [1.165, 1.54) is 4.57 Å². The van der Waals surface area contributed by atoms with E-state index >= 15 is 4.39 Å². The highest BCUT2D eigenvalue weighted by Crippen LogP contribution is 2.44. The standard InChI is InChI=1S/C20H23FN4O5/c1-2-22-8-11-5-6-23(9-11)17-15(21)7-13-16(18(17)25(29)30)24(12-3-4-12)10-14(19(13)26)20(27)28/h7,10-12,22H,2-6,8-9H2,1H3,(H,27,28). The van der Waals surface area contributed by atoms with Gasteiger partial charge in [-0.25, -0.2) is 9.18 Å². The molecule has 2 N–H and O–H groups in total. The molecule has 2 fully saturated rings. The highest BCUT2D eigenvalue weighted by atomic mass is 19.1. The lowest BCUT2D eigenvalue weighted by Crippen LogP contribution is -2.27. The molecule has 2 aromatic rings. The lowest BCUT2D eigenvalue weighted by atomic mass is 10.1. The van der Waals surface area contributed by atoms with Gasteiger partial charge in [-0.05, 0) is 44.3 Å². The fourth-order valence-corrected chi connectivity index (χ4v) is 4.28. The highest BCUT2D eigenvalue weighted by Gasteiger charge is 2.37. The molecule has 4 rings (SSSR count). The molecule has 1 aromatic heterocycles. The molecule has 0 bridgehead atoms. The molecule has 1 atom stereocenters. The van der Waals surface area contributed by atoms with E-state index in [1.54, 1.807) is 4.90 Å². The summed E-state index contributed by atoms with van der Waals surface area (Å²) in [5.41, 5.74) is -2.00. The number of carbonyl (C=O) groups is 1.